The minimum atomic E-state index is -5.49. The van der Waals surface area contributed by atoms with Crippen molar-refractivity contribution in [2.45, 2.75) is 57.1 Å². The van der Waals surface area contributed by atoms with Gasteiger partial charge in [0.2, 0.25) is 5.91 Å². The number of benzene rings is 2. The molecule has 0 heterocycles. The smallest absolute Gasteiger partial charge is 0.516 e. The Labute approximate surface area is 201 Å². The van der Waals surface area contributed by atoms with Gasteiger partial charge in [0.1, 0.15) is 0 Å². The van der Waals surface area contributed by atoms with Crippen LogP contribution < -0.4 is 10.2 Å². The van der Waals surface area contributed by atoms with E-state index in [-0.39, 0.29) is 24.2 Å². The van der Waals surface area contributed by atoms with Crippen LogP contribution in [-0.2, 0) is 27.7 Å². The number of amides is 1. The van der Waals surface area contributed by atoms with E-state index in [4.69, 9.17) is 16.8 Å². The van der Waals surface area contributed by atoms with Crippen molar-refractivity contribution in [3.05, 3.63) is 69.5 Å². The van der Waals surface area contributed by atoms with E-state index in [1.54, 1.807) is 17.6 Å². The fourth-order valence-electron chi connectivity index (χ4n) is 3.25. The van der Waals surface area contributed by atoms with Crippen LogP contribution in [0, 0.1) is 0 Å². The molecule has 0 bridgehead atoms. The van der Waals surface area contributed by atoms with Crippen molar-refractivity contribution in [1.82, 2.24) is 5.48 Å². The van der Waals surface area contributed by atoms with Gasteiger partial charge in [0.05, 0.1) is 0 Å². The SMILES string of the molecule is CCC(C)[N-]C(CC(=O)NO)Cc1cc(Cl)cc(Cc2ccc(NS(=O)(=O)C(F)(F)F)cc2)c1. The summed E-state index contributed by atoms with van der Waals surface area (Å²) in [5.74, 6) is -0.541. The monoisotopic (exact) mass is 520 g/mol. The van der Waals surface area contributed by atoms with Crippen LogP contribution in [0.1, 0.15) is 43.4 Å². The van der Waals surface area contributed by atoms with Crippen molar-refractivity contribution in [2.24, 2.45) is 0 Å². The normalized spacial score (nSPS) is 13.9. The maximum absolute atomic E-state index is 12.5. The van der Waals surface area contributed by atoms with E-state index in [1.807, 2.05) is 19.9 Å². The summed E-state index contributed by atoms with van der Waals surface area (Å²) in [4.78, 5) is 11.7. The van der Waals surface area contributed by atoms with Gasteiger partial charge in [-0.15, -0.1) is 12.1 Å². The molecule has 0 aliphatic heterocycles. The summed E-state index contributed by atoms with van der Waals surface area (Å²) in [6, 6.07) is 10.6. The van der Waals surface area contributed by atoms with Crippen LogP contribution in [0.3, 0.4) is 0 Å². The first-order chi connectivity index (χ1) is 15.8. The van der Waals surface area contributed by atoms with Crippen LogP contribution >= 0.6 is 11.6 Å². The summed E-state index contributed by atoms with van der Waals surface area (Å²) in [7, 11) is -5.49. The summed E-state index contributed by atoms with van der Waals surface area (Å²) in [5, 5.41) is 14.0. The predicted octanol–water partition coefficient (Wildman–Crippen LogP) is 5.17. The van der Waals surface area contributed by atoms with Gasteiger partial charge in [-0.3, -0.25) is 14.7 Å². The summed E-state index contributed by atoms with van der Waals surface area (Å²) < 4.78 is 61.5. The number of carbonyl (C=O) groups is 1. The number of halogens is 4. The Morgan fingerprint density at radius 2 is 1.74 bits per heavy atom. The average Bonchev–Trinajstić information content (AvgIpc) is 2.73. The quantitative estimate of drug-likeness (QED) is 0.280. The van der Waals surface area contributed by atoms with Gasteiger partial charge in [0, 0.05) is 17.1 Å². The van der Waals surface area contributed by atoms with Crippen LogP contribution in [0.5, 0.6) is 0 Å². The fourth-order valence-corrected chi connectivity index (χ4v) is 4.09. The third kappa shape index (κ3) is 8.46. The lowest BCUT2D eigenvalue weighted by Gasteiger charge is -2.36. The fraction of sp³-hybridized carbons (Fsp3) is 0.409. The minimum absolute atomic E-state index is 0.0119. The minimum Gasteiger partial charge on any atom is -0.656 e. The van der Waals surface area contributed by atoms with Gasteiger partial charge < -0.3 is 5.32 Å². The Balaban J connectivity index is 2.15. The van der Waals surface area contributed by atoms with Crippen molar-refractivity contribution in [3.8, 4) is 0 Å². The standard InChI is InChI=1S/C22H26ClF3N3O4S/c1-3-14(2)27-20(13-21(30)28-31)12-17-9-16(10-18(23)11-17)8-15-4-6-19(7-5-15)29-34(32,33)22(24,25)26/h4-7,9-11,14,20,29,31H,3,8,12-13H2,1-2H3,(H,28,30)/q-1. The number of carbonyl (C=O) groups excluding carboxylic acids is 1. The summed E-state index contributed by atoms with van der Waals surface area (Å²) >= 11 is 6.27. The topological polar surface area (TPSA) is 110 Å². The molecule has 3 N–H and O–H groups in total. The predicted molar refractivity (Wildman–Crippen MR) is 124 cm³/mol. The Morgan fingerprint density at radius 1 is 1.12 bits per heavy atom. The lowest BCUT2D eigenvalue weighted by molar-refractivity contribution is -0.129. The number of nitrogens with one attached hydrogen (secondary N) is 2. The second-order valence-electron chi connectivity index (χ2n) is 7.90. The molecule has 2 rings (SSSR count). The number of sulfonamides is 1. The molecule has 0 aromatic heterocycles. The van der Waals surface area contributed by atoms with Crippen molar-refractivity contribution in [1.29, 1.82) is 0 Å². The zero-order chi connectivity index (χ0) is 25.5. The Hall–Kier alpha value is -2.34. The van der Waals surface area contributed by atoms with Crippen molar-refractivity contribution in [2.75, 3.05) is 4.72 Å². The highest BCUT2D eigenvalue weighted by Gasteiger charge is 2.46. The lowest BCUT2D eigenvalue weighted by atomic mass is 9.97. The number of nitrogens with zero attached hydrogens (tertiary/aromatic N) is 1. The molecule has 0 spiro atoms. The maximum Gasteiger partial charge on any atom is 0.516 e. The zero-order valence-corrected chi connectivity index (χ0v) is 20.1. The van der Waals surface area contributed by atoms with E-state index in [0.29, 0.717) is 17.9 Å². The van der Waals surface area contributed by atoms with E-state index in [9.17, 15) is 26.4 Å². The first kappa shape index (κ1) is 27.9. The molecule has 0 fully saturated rings. The molecule has 1 amide bonds. The van der Waals surface area contributed by atoms with Gasteiger partial charge in [-0.2, -0.15) is 21.6 Å². The molecule has 7 nitrogen and oxygen atoms in total. The first-order valence-electron chi connectivity index (χ1n) is 10.4. The highest BCUT2D eigenvalue weighted by molar-refractivity contribution is 7.93. The Morgan fingerprint density at radius 3 is 2.29 bits per heavy atom. The molecule has 2 aromatic rings. The summed E-state index contributed by atoms with van der Waals surface area (Å²) in [6.07, 6.45) is 1.62. The molecule has 0 radical (unpaired) electrons. The molecule has 2 unspecified atom stereocenters. The number of hydrogen-bond donors (Lipinski definition) is 3. The van der Waals surface area contributed by atoms with Crippen molar-refractivity contribution < 1.29 is 31.6 Å². The third-order valence-corrected chi connectivity index (χ3v) is 6.34. The van der Waals surface area contributed by atoms with Crippen LogP contribution in [-0.4, -0.2) is 37.1 Å². The van der Waals surface area contributed by atoms with Crippen molar-refractivity contribution >= 4 is 33.2 Å². The average molecular weight is 521 g/mol. The van der Waals surface area contributed by atoms with E-state index >= 15 is 0 Å². The largest absolute Gasteiger partial charge is 0.656 e. The Bertz CT molecular complexity index is 1080. The van der Waals surface area contributed by atoms with Crippen LogP contribution in [0.25, 0.3) is 5.32 Å². The van der Waals surface area contributed by atoms with E-state index in [1.165, 1.54) is 29.0 Å². The lowest BCUT2D eigenvalue weighted by Crippen LogP contribution is -2.29. The molecule has 12 heteroatoms. The van der Waals surface area contributed by atoms with Gasteiger partial charge >= 0.3 is 15.5 Å². The highest BCUT2D eigenvalue weighted by Crippen LogP contribution is 2.26. The molecule has 0 aliphatic rings. The molecule has 34 heavy (non-hydrogen) atoms. The number of hydrogen-bond acceptors (Lipinski definition) is 4. The Kier molecular flexibility index (Phi) is 9.74. The number of rotatable bonds is 11. The second kappa shape index (κ2) is 11.9. The maximum atomic E-state index is 12.5. The highest BCUT2D eigenvalue weighted by atomic mass is 35.5. The molecular formula is C22H26ClF3N3O4S-. The van der Waals surface area contributed by atoms with Gasteiger partial charge in [-0.25, -0.2) is 5.48 Å². The molecule has 188 valence electrons. The van der Waals surface area contributed by atoms with Crippen LogP contribution in [0.2, 0.25) is 5.02 Å². The third-order valence-electron chi connectivity index (χ3n) is 5.01. The number of anilines is 1. The summed E-state index contributed by atoms with van der Waals surface area (Å²) in [5.41, 5.74) is -1.60. The first-order valence-corrected chi connectivity index (χ1v) is 12.3. The van der Waals surface area contributed by atoms with Crippen LogP contribution in [0.4, 0.5) is 18.9 Å². The zero-order valence-electron chi connectivity index (χ0n) is 18.6. The van der Waals surface area contributed by atoms with Gasteiger partial charge in [-0.1, -0.05) is 50.1 Å². The van der Waals surface area contributed by atoms with Crippen LogP contribution in [0.15, 0.2) is 42.5 Å². The van der Waals surface area contributed by atoms with Gasteiger partial charge in [0.15, 0.2) is 0 Å². The second-order valence-corrected chi connectivity index (χ2v) is 10.0. The molecule has 0 aliphatic carbocycles. The van der Waals surface area contributed by atoms with Gasteiger partial charge in [0.25, 0.3) is 0 Å². The molecule has 2 atom stereocenters. The van der Waals surface area contributed by atoms with E-state index in [2.05, 4.69) is 5.32 Å². The van der Waals surface area contributed by atoms with E-state index in [0.717, 1.165) is 23.1 Å². The van der Waals surface area contributed by atoms with Gasteiger partial charge in [-0.05, 0) is 53.8 Å². The molecule has 0 saturated carbocycles. The molecular weight excluding hydrogens is 495 g/mol. The van der Waals surface area contributed by atoms with Crippen molar-refractivity contribution in [3.63, 3.8) is 0 Å². The summed E-state index contributed by atoms with van der Waals surface area (Å²) in [6.45, 7) is 3.92. The van der Waals surface area contributed by atoms with E-state index < -0.39 is 21.4 Å². The molecule has 0 saturated heterocycles. The number of alkyl halides is 3. The molecule has 2 aromatic carbocycles. The number of hydroxylamine groups is 1.